The zero-order chi connectivity index (χ0) is 13.2. The van der Waals surface area contributed by atoms with E-state index in [0.29, 0.717) is 5.92 Å². The summed E-state index contributed by atoms with van der Waals surface area (Å²) in [6.45, 7) is 4.52. The highest BCUT2D eigenvalue weighted by Gasteiger charge is 2.13. The van der Waals surface area contributed by atoms with Gasteiger partial charge in [-0.2, -0.15) is 0 Å². The maximum Gasteiger partial charge on any atom is 0.143 e. The molecule has 0 bridgehead atoms. The average Bonchev–Trinajstić information content (AvgIpc) is 2.39. The van der Waals surface area contributed by atoms with Crippen molar-refractivity contribution in [2.24, 2.45) is 0 Å². The Kier molecular flexibility index (Phi) is 7.71. The summed E-state index contributed by atoms with van der Waals surface area (Å²) < 4.78 is 0. The van der Waals surface area contributed by atoms with Gasteiger partial charge in [-0.1, -0.05) is 57.8 Å². The molecule has 0 aliphatic heterocycles. The Bertz CT molecular complexity index is 311. The van der Waals surface area contributed by atoms with Crippen LogP contribution in [-0.4, -0.2) is 17.8 Å². The fourth-order valence-electron chi connectivity index (χ4n) is 2.28. The number of hydrogen-bond acceptors (Lipinski definition) is 2. The first kappa shape index (κ1) is 15.2. The van der Waals surface area contributed by atoms with Crippen LogP contribution in [0.1, 0.15) is 77.0 Å². The van der Waals surface area contributed by atoms with Crippen LogP contribution in [0.2, 0.25) is 0 Å². The van der Waals surface area contributed by atoms with Crippen molar-refractivity contribution in [2.75, 3.05) is 0 Å². The summed E-state index contributed by atoms with van der Waals surface area (Å²) in [6.07, 6.45) is 14.3. The summed E-state index contributed by atoms with van der Waals surface area (Å²) in [5.41, 5.74) is 1.15. The molecular formula is C15H27BN2. The van der Waals surface area contributed by atoms with Crippen molar-refractivity contribution in [3.8, 4) is 0 Å². The van der Waals surface area contributed by atoms with Gasteiger partial charge in [-0.3, -0.25) is 0 Å². The third-order valence-corrected chi connectivity index (χ3v) is 3.48. The molecule has 0 radical (unpaired) electrons. The normalized spacial score (nSPS) is 12.6. The van der Waals surface area contributed by atoms with Gasteiger partial charge in [-0.15, -0.1) is 0 Å². The van der Waals surface area contributed by atoms with Crippen LogP contribution >= 0.6 is 0 Å². The van der Waals surface area contributed by atoms with Crippen molar-refractivity contribution in [3.63, 3.8) is 0 Å². The van der Waals surface area contributed by atoms with Gasteiger partial charge in [0.25, 0.3) is 0 Å². The molecule has 1 aromatic rings. The van der Waals surface area contributed by atoms with Gasteiger partial charge in [0, 0.05) is 18.3 Å². The van der Waals surface area contributed by atoms with Gasteiger partial charge in [-0.05, 0) is 12.8 Å². The van der Waals surface area contributed by atoms with Crippen LogP contribution in [-0.2, 0) is 0 Å². The second-order valence-corrected chi connectivity index (χ2v) is 5.31. The van der Waals surface area contributed by atoms with E-state index in [0.717, 1.165) is 11.3 Å². The van der Waals surface area contributed by atoms with Crippen LogP contribution in [0.15, 0.2) is 12.4 Å². The lowest BCUT2D eigenvalue weighted by Crippen LogP contribution is -2.11. The fourth-order valence-corrected chi connectivity index (χ4v) is 2.28. The maximum absolute atomic E-state index is 4.52. The van der Waals surface area contributed by atoms with E-state index >= 15 is 0 Å². The topological polar surface area (TPSA) is 25.8 Å². The molecule has 1 unspecified atom stereocenters. The largest absolute Gasteiger partial charge is 0.242 e. The van der Waals surface area contributed by atoms with Gasteiger partial charge in [0.1, 0.15) is 13.7 Å². The molecule has 1 rings (SSSR count). The molecular weight excluding hydrogens is 219 g/mol. The summed E-state index contributed by atoms with van der Waals surface area (Å²) >= 11 is 0. The summed E-state index contributed by atoms with van der Waals surface area (Å²) in [5, 5.41) is 0. The Balaban J connectivity index is 2.51. The first-order chi connectivity index (χ1) is 8.77. The Morgan fingerprint density at radius 1 is 0.944 bits per heavy atom. The molecule has 1 aromatic heterocycles. The number of unbranched alkanes of at least 4 members (excludes halogenated alkanes) is 4. The van der Waals surface area contributed by atoms with Gasteiger partial charge in [0.15, 0.2) is 0 Å². The molecule has 100 valence electrons. The van der Waals surface area contributed by atoms with E-state index in [2.05, 4.69) is 23.8 Å². The summed E-state index contributed by atoms with van der Waals surface area (Å²) in [6, 6.07) is 0. The van der Waals surface area contributed by atoms with Gasteiger partial charge in [-0.25, -0.2) is 9.97 Å². The van der Waals surface area contributed by atoms with E-state index in [9.17, 15) is 0 Å². The van der Waals surface area contributed by atoms with Crippen molar-refractivity contribution >= 4 is 13.3 Å². The molecule has 0 spiro atoms. The van der Waals surface area contributed by atoms with Crippen LogP contribution in [0.4, 0.5) is 0 Å². The van der Waals surface area contributed by atoms with E-state index in [-0.39, 0.29) is 0 Å². The molecule has 1 atom stereocenters. The molecule has 0 amide bonds. The molecule has 2 nitrogen and oxygen atoms in total. The standard InChI is InChI=1S/C15H27BN2/c1-3-5-7-8-10-13(9-6-4-2)15-17-11-14(16)12-18-15/h11-13H,3-10,16H2,1-2H3. The van der Waals surface area contributed by atoms with E-state index in [1.807, 2.05) is 20.2 Å². The number of aromatic nitrogens is 2. The lowest BCUT2D eigenvalue weighted by atomic mass is 9.94. The Morgan fingerprint density at radius 3 is 2.17 bits per heavy atom. The molecule has 0 N–H and O–H groups in total. The Morgan fingerprint density at radius 2 is 1.56 bits per heavy atom. The molecule has 0 aliphatic rings. The molecule has 0 saturated carbocycles. The van der Waals surface area contributed by atoms with Crippen molar-refractivity contribution in [3.05, 3.63) is 18.2 Å². The molecule has 0 aliphatic carbocycles. The minimum absolute atomic E-state index is 0.572. The number of nitrogens with zero attached hydrogens (tertiary/aromatic N) is 2. The van der Waals surface area contributed by atoms with E-state index in [1.54, 1.807) is 0 Å². The SMILES string of the molecule is Bc1cnc(C(CCCC)CCCCCC)nc1. The second kappa shape index (κ2) is 9.13. The highest BCUT2D eigenvalue weighted by Crippen LogP contribution is 2.24. The Labute approximate surface area is 113 Å². The van der Waals surface area contributed by atoms with Gasteiger partial charge in [0.05, 0.1) is 0 Å². The first-order valence-corrected chi connectivity index (χ1v) is 7.56. The van der Waals surface area contributed by atoms with Crippen LogP contribution in [0.3, 0.4) is 0 Å². The third kappa shape index (κ3) is 5.66. The summed E-state index contributed by atoms with van der Waals surface area (Å²) in [7, 11) is 2.05. The van der Waals surface area contributed by atoms with Crippen LogP contribution < -0.4 is 5.46 Å². The smallest absolute Gasteiger partial charge is 0.143 e. The highest BCUT2D eigenvalue weighted by atomic mass is 14.9. The quantitative estimate of drug-likeness (QED) is 0.494. The third-order valence-electron chi connectivity index (χ3n) is 3.48. The second-order valence-electron chi connectivity index (χ2n) is 5.31. The minimum Gasteiger partial charge on any atom is -0.242 e. The number of hydrogen-bond donors (Lipinski definition) is 0. The lowest BCUT2D eigenvalue weighted by molar-refractivity contribution is 0.490. The van der Waals surface area contributed by atoms with Crippen LogP contribution in [0.5, 0.6) is 0 Å². The lowest BCUT2D eigenvalue weighted by Gasteiger charge is -2.15. The molecule has 1 heterocycles. The number of rotatable bonds is 9. The monoisotopic (exact) mass is 246 g/mol. The summed E-state index contributed by atoms with van der Waals surface area (Å²) in [4.78, 5) is 9.04. The Hall–Kier alpha value is -0.855. The molecule has 0 aromatic carbocycles. The zero-order valence-corrected chi connectivity index (χ0v) is 12.3. The minimum atomic E-state index is 0.572. The van der Waals surface area contributed by atoms with Crippen LogP contribution in [0.25, 0.3) is 0 Å². The van der Waals surface area contributed by atoms with Crippen molar-refractivity contribution in [1.29, 1.82) is 0 Å². The molecule has 18 heavy (non-hydrogen) atoms. The van der Waals surface area contributed by atoms with E-state index < -0.39 is 0 Å². The van der Waals surface area contributed by atoms with Crippen molar-refractivity contribution in [1.82, 2.24) is 9.97 Å². The van der Waals surface area contributed by atoms with E-state index in [4.69, 9.17) is 0 Å². The van der Waals surface area contributed by atoms with Gasteiger partial charge < -0.3 is 0 Å². The van der Waals surface area contributed by atoms with Crippen molar-refractivity contribution < 1.29 is 0 Å². The maximum atomic E-state index is 4.52. The fraction of sp³-hybridized carbons (Fsp3) is 0.733. The first-order valence-electron chi connectivity index (χ1n) is 7.56. The van der Waals surface area contributed by atoms with Gasteiger partial charge >= 0.3 is 0 Å². The van der Waals surface area contributed by atoms with Gasteiger partial charge in [0.2, 0.25) is 0 Å². The van der Waals surface area contributed by atoms with Crippen LogP contribution in [0, 0.1) is 0 Å². The predicted molar refractivity (Wildman–Crippen MR) is 81.2 cm³/mol. The highest BCUT2D eigenvalue weighted by molar-refractivity contribution is 6.31. The predicted octanol–water partition coefficient (Wildman–Crippen LogP) is 2.98. The average molecular weight is 246 g/mol. The molecule has 3 heteroatoms. The summed E-state index contributed by atoms with van der Waals surface area (Å²) in [5.74, 6) is 1.63. The van der Waals surface area contributed by atoms with E-state index in [1.165, 1.54) is 51.4 Å². The molecule has 0 saturated heterocycles. The zero-order valence-electron chi connectivity index (χ0n) is 12.3. The van der Waals surface area contributed by atoms with Crippen molar-refractivity contribution in [2.45, 2.75) is 71.1 Å². The molecule has 0 fully saturated rings.